The van der Waals surface area contributed by atoms with Crippen LogP contribution in [0.3, 0.4) is 0 Å². The second-order valence-corrected chi connectivity index (χ2v) is 6.67. The van der Waals surface area contributed by atoms with Gasteiger partial charge in [-0.25, -0.2) is 4.98 Å². The summed E-state index contributed by atoms with van der Waals surface area (Å²) in [5.74, 6) is 0.726. The molecule has 0 bridgehead atoms. The SMILES string of the molecule is O=C(NCc1nc(Cc2cccs2)no1)c1cn2ccsc2n1. The summed E-state index contributed by atoms with van der Waals surface area (Å²) < 4.78 is 6.96. The summed E-state index contributed by atoms with van der Waals surface area (Å²) in [4.78, 5) is 22.5. The van der Waals surface area contributed by atoms with Crippen molar-refractivity contribution < 1.29 is 9.32 Å². The monoisotopic (exact) mass is 345 g/mol. The maximum absolute atomic E-state index is 12.1. The number of thiazole rings is 1. The maximum atomic E-state index is 12.1. The summed E-state index contributed by atoms with van der Waals surface area (Å²) in [6, 6.07) is 4.00. The first-order chi connectivity index (χ1) is 11.3. The van der Waals surface area contributed by atoms with E-state index in [1.165, 1.54) is 16.2 Å². The molecular weight excluding hydrogens is 334 g/mol. The molecule has 1 N–H and O–H groups in total. The lowest BCUT2D eigenvalue weighted by atomic mass is 10.3. The number of hydrogen-bond acceptors (Lipinski definition) is 7. The molecule has 0 saturated heterocycles. The van der Waals surface area contributed by atoms with E-state index in [0.29, 0.717) is 23.8 Å². The van der Waals surface area contributed by atoms with Gasteiger partial charge in [-0.2, -0.15) is 4.98 Å². The number of amides is 1. The predicted octanol–water partition coefficient (Wildman–Crippen LogP) is 2.36. The highest BCUT2D eigenvalue weighted by Crippen LogP contribution is 2.13. The number of aromatic nitrogens is 4. The quantitative estimate of drug-likeness (QED) is 0.600. The largest absolute Gasteiger partial charge is 0.342 e. The zero-order valence-electron chi connectivity index (χ0n) is 11.8. The van der Waals surface area contributed by atoms with Crippen LogP contribution in [0, 0.1) is 0 Å². The Labute approximate surface area is 138 Å². The number of thiophene rings is 1. The third kappa shape index (κ3) is 3.01. The van der Waals surface area contributed by atoms with Crippen molar-refractivity contribution in [3.05, 3.63) is 57.6 Å². The van der Waals surface area contributed by atoms with Gasteiger partial charge >= 0.3 is 0 Å². The van der Waals surface area contributed by atoms with E-state index in [2.05, 4.69) is 20.4 Å². The molecule has 0 spiro atoms. The standard InChI is InChI=1S/C14H11N5O2S2/c20-13(10-8-19-3-5-23-14(19)16-10)15-7-12-17-11(18-21-12)6-9-2-1-4-22-9/h1-5,8H,6-7H2,(H,15,20). The van der Waals surface area contributed by atoms with Crippen molar-refractivity contribution in [1.82, 2.24) is 24.8 Å². The fraction of sp³-hybridized carbons (Fsp3) is 0.143. The van der Waals surface area contributed by atoms with Gasteiger partial charge in [0.15, 0.2) is 10.8 Å². The average molecular weight is 345 g/mol. The third-order valence-electron chi connectivity index (χ3n) is 3.15. The molecule has 7 nitrogen and oxygen atoms in total. The summed E-state index contributed by atoms with van der Waals surface area (Å²) >= 11 is 3.12. The topological polar surface area (TPSA) is 85.3 Å². The van der Waals surface area contributed by atoms with E-state index >= 15 is 0 Å². The molecule has 4 rings (SSSR count). The van der Waals surface area contributed by atoms with Crippen molar-refractivity contribution in [2.24, 2.45) is 0 Å². The molecule has 9 heteroatoms. The third-order valence-corrected chi connectivity index (χ3v) is 4.80. The number of nitrogens with zero attached hydrogens (tertiary/aromatic N) is 4. The average Bonchev–Trinajstić information content (AvgIpc) is 3.29. The van der Waals surface area contributed by atoms with Crippen molar-refractivity contribution in [3.63, 3.8) is 0 Å². The van der Waals surface area contributed by atoms with E-state index in [4.69, 9.17) is 4.52 Å². The molecule has 0 aliphatic rings. The molecule has 0 fully saturated rings. The molecule has 0 atom stereocenters. The fourth-order valence-corrected chi connectivity index (χ4v) is 3.49. The lowest BCUT2D eigenvalue weighted by molar-refractivity contribution is 0.0942. The van der Waals surface area contributed by atoms with E-state index < -0.39 is 0 Å². The summed E-state index contributed by atoms with van der Waals surface area (Å²) in [7, 11) is 0. The molecule has 0 aliphatic carbocycles. The molecule has 0 saturated carbocycles. The lowest BCUT2D eigenvalue weighted by Crippen LogP contribution is -2.23. The summed E-state index contributed by atoms with van der Waals surface area (Å²) in [6.07, 6.45) is 4.18. The van der Waals surface area contributed by atoms with E-state index in [9.17, 15) is 4.79 Å². The molecule has 23 heavy (non-hydrogen) atoms. The zero-order valence-corrected chi connectivity index (χ0v) is 13.4. The highest BCUT2D eigenvalue weighted by molar-refractivity contribution is 7.15. The van der Waals surface area contributed by atoms with Crippen molar-refractivity contribution in [2.75, 3.05) is 0 Å². The first kappa shape index (κ1) is 14.1. The van der Waals surface area contributed by atoms with Crippen molar-refractivity contribution >= 4 is 33.5 Å². The van der Waals surface area contributed by atoms with Crippen LogP contribution in [0.25, 0.3) is 4.96 Å². The van der Waals surface area contributed by atoms with Crippen LogP contribution in [0.15, 0.2) is 39.8 Å². The van der Waals surface area contributed by atoms with Crippen molar-refractivity contribution in [3.8, 4) is 0 Å². The Kier molecular flexibility index (Phi) is 3.64. The van der Waals surface area contributed by atoms with Gasteiger partial charge in [-0.1, -0.05) is 11.2 Å². The smallest absolute Gasteiger partial charge is 0.271 e. The normalized spacial score (nSPS) is 11.1. The Hall–Kier alpha value is -2.52. The lowest BCUT2D eigenvalue weighted by Gasteiger charge is -1.97. The van der Waals surface area contributed by atoms with E-state index in [1.54, 1.807) is 17.5 Å². The minimum Gasteiger partial charge on any atom is -0.342 e. The van der Waals surface area contributed by atoms with Crippen LogP contribution in [-0.4, -0.2) is 25.4 Å². The fourth-order valence-electron chi connectivity index (χ4n) is 2.09. The predicted molar refractivity (Wildman–Crippen MR) is 85.7 cm³/mol. The van der Waals surface area contributed by atoms with Crippen LogP contribution >= 0.6 is 22.7 Å². The van der Waals surface area contributed by atoms with Crippen molar-refractivity contribution in [1.29, 1.82) is 0 Å². The van der Waals surface area contributed by atoms with Gasteiger partial charge in [-0.15, -0.1) is 22.7 Å². The highest BCUT2D eigenvalue weighted by Gasteiger charge is 2.13. The number of rotatable bonds is 5. The highest BCUT2D eigenvalue weighted by atomic mass is 32.1. The van der Waals surface area contributed by atoms with Crippen LogP contribution in [0.4, 0.5) is 0 Å². The van der Waals surface area contributed by atoms with Crippen molar-refractivity contribution in [2.45, 2.75) is 13.0 Å². The van der Waals surface area contributed by atoms with Gasteiger partial charge in [0.25, 0.3) is 5.91 Å². The number of carbonyl (C=O) groups excluding carboxylic acids is 1. The number of nitrogens with one attached hydrogen (secondary N) is 1. The number of imidazole rings is 1. The summed E-state index contributed by atoms with van der Waals surface area (Å²) in [6.45, 7) is 0.182. The molecule has 0 aliphatic heterocycles. The zero-order chi connectivity index (χ0) is 15.6. The van der Waals surface area contributed by atoms with E-state index in [0.717, 1.165) is 4.96 Å². The van der Waals surface area contributed by atoms with Crippen LogP contribution in [0.1, 0.15) is 27.1 Å². The van der Waals surface area contributed by atoms with Gasteiger partial charge < -0.3 is 9.84 Å². The van der Waals surface area contributed by atoms with Crippen LogP contribution in [0.2, 0.25) is 0 Å². The maximum Gasteiger partial charge on any atom is 0.271 e. The van der Waals surface area contributed by atoms with Gasteiger partial charge in [-0.3, -0.25) is 9.20 Å². The van der Waals surface area contributed by atoms with Gasteiger partial charge in [0.2, 0.25) is 5.89 Å². The molecule has 0 radical (unpaired) electrons. The molecule has 4 aromatic rings. The van der Waals surface area contributed by atoms with E-state index in [-0.39, 0.29) is 12.5 Å². The second kappa shape index (κ2) is 5.94. The van der Waals surface area contributed by atoms with Crippen LogP contribution in [0.5, 0.6) is 0 Å². The number of carbonyl (C=O) groups is 1. The molecule has 4 heterocycles. The molecular formula is C14H11N5O2S2. The Morgan fingerprint density at radius 1 is 1.30 bits per heavy atom. The Balaban J connectivity index is 1.38. The first-order valence-electron chi connectivity index (χ1n) is 6.82. The van der Waals surface area contributed by atoms with Gasteiger partial charge in [0.05, 0.1) is 6.54 Å². The summed E-state index contributed by atoms with van der Waals surface area (Å²) in [5, 5.41) is 10.6. The Bertz CT molecular complexity index is 909. The van der Waals surface area contributed by atoms with Gasteiger partial charge in [0, 0.05) is 29.1 Å². The van der Waals surface area contributed by atoms with Crippen LogP contribution in [-0.2, 0) is 13.0 Å². The first-order valence-corrected chi connectivity index (χ1v) is 8.58. The number of fused-ring (bicyclic) bond motifs is 1. The summed E-state index contributed by atoms with van der Waals surface area (Å²) in [5.41, 5.74) is 0.371. The minimum absolute atomic E-state index is 0.182. The molecule has 116 valence electrons. The molecule has 0 aromatic carbocycles. The Morgan fingerprint density at radius 2 is 2.26 bits per heavy atom. The van der Waals surface area contributed by atoms with E-state index in [1.807, 2.05) is 33.5 Å². The Morgan fingerprint density at radius 3 is 3.09 bits per heavy atom. The minimum atomic E-state index is -0.265. The van der Waals surface area contributed by atoms with Crippen LogP contribution < -0.4 is 5.32 Å². The second-order valence-electron chi connectivity index (χ2n) is 4.76. The molecule has 1 amide bonds. The van der Waals surface area contributed by atoms with Gasteiger partial charge in [0.1, 0.15) is 5.69 Å². The van der Waals surface area contributed by atoms with Gasteiger partial charge in [-0.05, 0) is 11.4 Å². The molecule has 4 aromatic heterocycles. The number of hydrogen-bond donors (Lipinski definition) is 1. The molecule has 0 unspecified atom stereocenters.